The van der Waals surface area contributed by atoms with E-state index in [0.717, 1.165) is 4.88 Å². The number of carbonyl (C=O) groups excluding carboxylic acids is 1. The lowest BCUT2D eigenvalue weighted by Gasteiger charge is -2.14. The number of hydrogen-bond donors (Lipinski definition) is 2. The lowest BCUT2D eigenvalue weighted by atomic mass is 10.2. The van der Waals surface area contributed by atoms with E-state index in [1.165, 1.54) is 0 Å². The van der Waals surface area contributed by atoms with Crippen LogP contribution in [0.25, 0.3) is 0 Å². The molecule has 5 nitrogen and oxygen atoms in total. The molecule has 0 fully saturated rings. The Morgan fingerprint density at radius 3 is 2.57 bits per heavy atom. The van der Waals surface area contributed by atoms with Gasteiger partial charge in [-0.2, -0.15) is 0 Å². The number of anilines is 1. The van der Waals surface area contributed by atoms with Crippen molar-refractivity contribution in [2.24, 2.45) is 0 Å². The van der Waals surface area contributed by atoms with Crippen molar-refractivity contribution in [2.45, 2.75) is 13.0 Å². The molecule has 0 aliphatic rings. The topological polar surface area (TPSA) is 59.6 Å². The van der Waals surface area contributed by atoms with Crippen LogP contribution in [0.1, 0.15) is 17.8 Å². The van der Waals surface area contributed by atoms with Crippen LogP contribution in [-0.4, -0.2) is 20.3 Å². The molecule has 1 atom stereocenters. The predicted octanol–water partition coefficient (Wildman–Crippen LogP) is 3.65. The molecular weight excluding hydrogens is 288 g/mol. The summed E-state index contributed by atoms with van der Waals surface area (Å²) in [5, 5.41) is 7.65. The number of carbonyl (C=O) groups is 1. The van der Waals surface area contributed by atoms with Crippen LogP contribution >= 0.6 is 11.3 Å². The molecule has 21 heavy (non-hydrogen) atoms. The van der Waals surface area contributed by atoms with Crippen LogP contribution in [0.4, 0.5) is 10.5 Å². The van der Waals surface area contributed by atoms with Gasteiger partial charge in [-0.3, -0.25) is 0 Å². The summed E-state index contributed by atoms with van der Waals surface area (Å²) in [7, 11) is 3.13. The molecule has 2 N–H and O–H groups in total. The Bertz CT molecular complexity index is 599. The van der Waals surface area contributed by atoms with E-state index >= 15 is 0 Å². The number of rotatable bonds is 5. The van der Waals surface area contributed by atoms with Crippen molar-refractivity contribution in [1.82, 2.24) is 5.32 Å². The zero-order chi connectivity index (χ0) is 15.2. The molecule has 2 rings (SSSR count). The maximum atomic E-state index is 12.0. The zero-order valence-corrected chi connectivity index (χ0v) is 13.0. The molecule has 0 saturated carbocycles. The normalized spacial score (nSPS) is 11.6. The van der Waals surface area contributed by atoms with Gasteiger partial charge in [0.25, 0.3) is 0 Å². The Morgan fingerprint density at radius 1 is 1.19 bits per heavy atom. The van der Waals surface area contributed by atoms with E-state index in [9.17, 15) is 4.79 Å². The van der Waals surface area contributed by atoms with E-state index in [1.807, 2.05) is 24.4 Å². The molecular formula is C15H18N2O3S. The minimum absolute atomic E-state index is 0.0369. The highest BCUT2D eigenvalue weighted by Gasteiger charge is 2.11. The molecule has 0 radical (unpaired) electrons. The maximum absolute atomic E-state index is 12.0. The number of methoxy groups -OCH3 is 2. The molecule has 0 saturated heterocycles. The molecule has 1 aromatic heterocycles. The van der Waals surface area contributed by atoms with Crippen LogP contribution in [0.2, 0.25) is 0 Å². The molecule has 112 valence electrons. The largest absolute Gasteiger partial charge is 0.493 e. The standard InChI is InChI=1S/C15H18N2O3S/c1-10(14-5-4-8-21-14)16-15(18)17-11-6-7-12(19-2)13(9-11)20-3/h4-10H,1-3H3,(H2,16,17,18)/t10-/m0/s1. The Labute approximate surface area is 127 Å². The second-order valence-corrected chi connectivity index (χ2v) is 5.38. The molecule has 0 aliphatic carbocycles. The van der Waals surface area contributed by atoms with Crippen LogP contribution in [0.3, 0.4) is 0 Å². The van der Waals surface area contributed by atoms with Crippen molar-refractivity contribution in [3.63, 3.8) is 0 Å². The summed E-state index contributed by atoms with van der Waals surface area (Å²) >= 11 is 1.61. The second kappa shape index (κ2) is 6.99. The Morgan fingerprint density at radius 2 is 1.95 bits per heavy atom. The van der Waals surface area contributed by atoms with Gasteiger partial charge in [0, 0.05) is 16.6 Å². The highest BCUT2D eigenvalue weighted by atomic mass is 32.1. The van der Waals surface area contributed by atoms with E-state index in [-0.39, 0.29) is 12.1 Å². The molecule has 6 heteroatoms. The van der Waals surface area contributed by atoms with Gasteiger partial charge in [0.1, 0.15) is 0 Å². The number of hydrogen-bond acceptors (Lipinski definition) is 4. The molecule has 2 aromatic rings. The van der Waals surface area contributed by atoms with Gasteiger partial charge < -0.3 is 20.1 Å². The summed E-state index contributed by atoms with van der Waals surface area (Å²) in [4.78, 5) is 13.1. The number of thiophene rings is 1. The van der Waals surface area contributed by atoms with Crippen molar-refractivity contribution in [2.75, 3.05) is 19.5 Å². The fourth-order valence-corrected chi connectivity index (χ4v) is 2.62. The lowest BCUT2D eigenvalue weighted by molar-refractivity contribution is 0.249. The number of ether oxygens (including phenoxy) is 2. The summed E-state index contributed by atoms with van der Waals surface area (Å²) < 4.78 is 10.4. The third-order valence-electron chi connectivity index (χ3n) is 2.96. The van der Waals surface area contributed by atoms with E-state index in [4.69, 9.17) is 9.47 Å². The van der Waals surface area contributed by atoms with E-state index in [2.05, 4.69) is 10.6 Å². The molecule has 1 aromatic carbocycles. The minimum Gasteiger partial charge on any atom is -0.493 e. The highest BCUT2D eigenvalue weighted by molar-refractivity contribution is 7.10. The monoisotopic (exact) mass is 306 g/mol. The summed E-state index contributed by atoms with van der Waals surface area (Å²) in [5.41, 5.74) is 0.642. The number of urea groups is 1. The first-order valence-electron chi connectivity index (χ1n) is 6.47. The first kappa shape index (κ1) is 15.2. The summed E-state index contributed by atoms with van der Waals surface area (Å²) in [5.74, 6) is 1.19. The van der Waals surface area contributed by atoms with Gasteiger partial charge in [0.05, 0.1) is 20.3 Å². The third-order valence-corrected chi connectivity index (χ3v) is 4.01. The Kier molecular flexibility index (Phi) is 5.05. The van der Waals surface area contributed by atoms with Crippen molar-refractivity contribution in [3.8, 4) is 11.5 Å². The van der Waals surface area contributed by atoms with Crippen LogP contribution < -0.4 is 20.1 Å². The average Bonchev–Trinajstić information content (AvgIpc) is 3.01. The average molecular weight is 306 g/mol. The maximum Gasteiger partial charge on any atom is 0.319 e. The molecule has 2 amide bonds. The quantitative estimate of drug-likeness (QED) is 0.886. The number of benzene rings is 1. The third kappa shape index (κ3) is 3.88. The van der Waals surface area contributed by atoms with Crippen molar-refractivity contribution in [3.05, 3.63) is 40.6 Å². The summed E-state index contributed by atoms with van der Waals surface area (Å²) in [6.45, 7) is 1.94. The number of amides is 2. The Balaban J connectivity index is 1.99. The predicted molar refractivity (Wildman–Crippen MR) is 84.4 cm³/mol. The highest BCUT2D eigenvalue weighted by Crippen LogP contribution is 2.29. The van der Waals surface area contributed by atoms with Gasteiger partial charge in [0.2, 0.25) is 0 Å². The van der Waals surface area contributed by atoms with Gasteiger partial charge in [-0.15, -0.1) is 11.3 Å². The minimum atomic E-state index is -0.261. The van der Waals surface area contributed by atoms with Gasteiger partial charge in [0.15, 0.2) is 11.5 Å². The summed E-state index contributed by atoms with van der Waals surface area (Å²) in [6.07, 6.45) is 0. The van der Waals surface area contributed by atoms with Gasteiger partial charge in [-0.1, -0.05) is 6.07 Å². The SMILES string of the molecule is COc1ccc(NC(=O)N[C@@H](C)c2cccs2)cc1OC. The molecule has 0 bridgehead atoms. The number of nitrogens with one attached hydrogen (secondary N) is 2. The fraction of sp³-hybridized carbons (Fsp3) is 0.267. The van der Waals surface area contributed by atoms with Gasteiger partial charge in [-0.25, -0.2) is 4.79 Å². The van der Waals surface area contributed by atoms with E-state index in [1.54, 1.807) is 43.8 Å². The van der Waals surface area contributed by atoms with E-state index in [0.29, 0.717) is 17.2 Å². The van der Waals surface area contributed by atoms with Crippen molar-refractivity contribution >= 4 is 23.1 Å². The Hall–Kier alpha value is -2.21. The van der Waals surface area contributed by atoms with Gasteiger partial charge in [-0.05, 0) is 30.5 Å². The first-order valence-corrected chi connectivity index (χ1v) is 7.35. The van der Waals surface area contributed by atoms with Crippen LogP contribution in [0, 0.1) is 0 Å². The first-order chi connectivity index (χ1) is 10.1. The smallest absolute Gasteiger partial charge is 0.319 e. The summed E-state index contributed by atoms with van der Waals surface area (Å²) in [6, 6.07) is 8.88. The van der Waals surface area contributed by atoms with Crippen molar-refractivity contribution < 1.29 is 14.3 Å². The van der Waals surface area contributed by atoms with Crippen LogP contribution in [0.5, 0.6) is 11.5 Å². The van der Waals surface area contributed by atoms with E-state index < -0.39 is 0 Å². The van der Waals surface area contributed by atoms with Crippen molar-refractivity contribution in [1.29, 1.82) is 0 Å². The second-order valence-electron chi connectivity index (χ2n) is 4.41. The zero-order valence-electron chi connectivity index (χ0n) is 12.2. The molecule has 0 unspecified atom stereocenters. The van der Waals surface area contributed by atoms with Crippen LogP contribution in [0.15, 0.2) is 35.7 Å². The van der Waals surface area contributed by atoms with Gasteiger partial charge >= 0.3 is 6.03 Å². The molecule has 0 aliphatic heterocycles. The van der Waals surface area contributed by atoms with Crippen LogP contribution in [-0.2, 0) is 0 Å². The fourth-order valence-electron chi connectivity index (χ4n) is 1.89. The lowest BCUT2D eigenvalue weighted by Crippen LogP contribution is -2.30. The molecule has 1 heterocycles. The molecule has 0 spiro atoms.